The molecule has 0 aliphatic carbocycles. The van der Waals surface area contributed by atoms with Crippen LogP contribution in [-0.2, 0) is 10.0 Å². The van der Waals surface area contributed by atoms with Crippen LogP contribution in [0.5, 0.6) is 5.75 Å². The van der Waals surface area contributed by atoms with E-state index in [9.17, 15) is 13.5 Å². The number of hydrogen-bond acceptors (Lipinski definition) is 3. The van der Waals surface area contributed by atoms with E-state index in [-0.39, 0.29) is 16.3 Å². The number of rotatable bonds is 3. The fourth-order valence-electron chi connectivity index (χ4n) is 1.62. The zero-order valence-electron chi connectivity index (χ0n) is 9.79. The molecule has 0 saturated heterocycles. The lowest BCUT2D eigenvalue weighted by Gasteiger charge is -2.11. The average Bonchev–Trinajstić information content (AvgIpc) is 2.32. The first kappa shape index (κ1) is 12.4. The molecule has 0 aromatic heterocycles. The first-order valence-corrected chi connectivity index (χ1v) is 6.85. The van der Waals surface area contributed by atoms with E-state index in [1.807, 2.05) is 0 Å². The van der Waals surface area contributed by atoms with Gasteiger partial charge in [-0.3, -0.25) is 4.72 Å². The molecule has 18 heavy (non-hydrogen) atoms. The standard InChI is InChI=1S/C13H13NO3S/c1-10-6-2-5-9-13(10)18(16,17)14-11-7-3-4-8-12(11)15/h2-9,14-15H,1H3. The number of para-hydroxylation sites is 2. The van der Waals surface area contributed by atoms with Crippen LogP contribution in [0.2, 0.25) is 0 Å². The average molecular weight is 263 g/mol. The van der Waals surface area contributed by atoms with Crippen molar-refractivity contribution in [3.63, 3.8) is 0 Å². The second-order valence-corrected chi connectivity index (χ2v) is 5.54. The zero-order chi connectivity index (χ0) is 13.2. The number of hydrogen-bond donors (Lipinski definition) is 2. The molecule has 0 radical (unpaired) electrons. The summed E-state index contributed by atoms with van der Waals surface area (Å²) in [4.78, 5) is 0.202. The van der Waals surface area contributed by atoms with E-state index in [2.05, 4.69) is 4.72 Å². The largest absolute Gasteiger partial charge is 0.506 e. The summed E-state index contributed by atoms with van der Waals surface area (Å²) in [7, 11) is -3.68. The molecule has 4 nitrogen and oxygen atoms in total. The first-order valence-electron chi connectivity index (χ1n) is 5.37. The molecule has 0 aliphatic heterocycles. The van der Waals surface area contributed by atoms with Crippen LogP contribution in [0, 0.1) is 6.92 Å². The van der Waals surface area contributed by atoms with Gasteiger partial charge in [0.15, 0.2) is 0 Å². The summed E-state index contributed by atoms with van der Waals surface area (Å²) < 4.78 is 26.7. The van der Waals surface area contributed by atoms with E-state index in [1.54, 1.807) is 37.3 Å². The molecule has 0 heterocycles. The lowest BCUT2D eigenvalue weighted by molar-refractivity contribution is 0.477. The second-order valence-electron chi connectivity index (χ2n) is 3.89. The predicted molar refractivity (Wildman–Crippen MR) is 70.1 cm³/mol. The van der Waals surface area contributed by atoms with Crippen LogP contribution >= 0.6 is 0 Å². The van der Waals surface area contributed by atoms with Gasteiger partial charge in [-0.1, -0.05) is 30.3 Å². The van der Waals surface area contributed by atoms with Crippen molar-refractivity contribution in [2.45, 2.75) is 11.8 Å². The van der Waals surface area contributed by atoms with Crippen molar-refractivity contribution in [2.75, 3.05) is 4.72 Å². The number of phenols is 1. The van der Waals surface area contributed by atoms with E-state index < -0.39 is 10.0 Å². The van der Waals surface area contributed by atoms with Crippen LogP contribution in [-0.4, -0.2) is 13.5 Å². The van der Waals surface area contributed by atoms with Gasteiger partial charge in [0.25, 0.3) is 10.0 Å². The van der Waals surface area contributed by atoms with Gasteiger partial charge in [-0.15, -0.1) is 0 Å². The third-order valence-electron chi connectivity index (χ3n) is 2.53. The highest BCUT2D eigenvalue weighted by Crippen LogP contribution is 2.25. The van der Waals surface area contributed by atoms with Crippen LogP contribution in [0.25, 0.3) is 0 Å². The van der Waals surface area contributed by atoms with Crippen LogP contribution < -0.4 is 4.72 Å². The van der Waals surface area contributed by atoms with Crippen molar-refractivity contribution in [3.8, 4) is 5.75 Å². The molecule has 0 unspecified atom stereocenters. The Kier molecular flexibility index (Phi) is 3.25. The number of sulfonamides is 1. The summed E-state index contributed by atoms with van der Waals surface area (Å²) in [5.74, 6) is -0.102. The Hall–Kier alpha value is -2.01. The fraction of sp³-hybridized carbons (Fsp3) is 0.0769. The predicted octanol–water partition coefficient (Wildman–Crippen LogP) is 2.50. The van der Waals surface area contributed by atoms with Gasteiger partial charge in [-0.05, 0) is 30.7 Å². The van der Waals surface area contributed by atoms with Crippen molar-refractivity contribution in [1.82, 2.24) is 0 Å². The Bertz CT molecular complexity index is 665. The maximum absolute atomic E-state index is 12.2. The van der Waals surface area contributed by atoms with Crippen LogP contribution in [0.1, 0.15) is 5.56 Å². The van der Waals surface area contributed by atoms with Crippen molar-refractivity contribution in [3.05, 3.63) is 54.1 Å². The van der Waals surface area contributed by atoms with Gasteiger partial charge in [-0.25, -0.2) is 8.42 Å². The molecule has 2 aromatic rings. The number of phenolic OH excluding ortho intramolecular Hbond substituents is 1. The maximum Gasteiger partial charge on any atom is 0.262 e. The molecule has 0 atom stereocenters. The third kappa shape index (κ3) is 2.46. The quantitative estimate of drug-likeness (QED) is 0.836. The normalized spacial score (nSPS) is 11.2. The van der Waals surface area contributed by atoms with E-state index >= 15 is 0 Å². The molecule has 94 valence electrons. The van der Waals surface area contributed by atoms with Crippen molar-refractivity contribution in [2.24, 2.45) is 0 Å². The van der Waals surface area contributed by atoms with Gasteiger partial charge >= 0.3 is 0 Å². The Morgan fingerprint density at radius 2 is 1.61 bits per heavy atom. The Balaban J connectivity index is 2.40. The lowest BCUT2D eigenvalue weighted by Crippen LogP contribution is -2.14. The van der Waals surface area contributed by atoms with Gasteiger partial charge in [0.1, 0.15) is 5.75 Å². The summed E-state index contributed by atoms with van der Waals surface area (Å²) in [6.07, 6.45) is 0. The molecular weight excluding hydrogens is 250 g/mol. The molecular formula is C13H13NO3S. The minimum absolute atomic E-state index is 0.102. The summed E-state index contributed by atoms with van der Waals surface area (Å²) in [5, 5.41) is 9.56. The minimum Gasteiger partial charge on any atom is -0.506 e. The molecule has 0 bridgehead atoms. The molecule has 5 heteroatoms. The lowest BCUT2D eigenvalue weighted by atomic mass is 10.2. The van der Waals surface area contributed by atoms with E-state index in [1.165, 1.54) is 18.2 Å². The Labute approximate surface area is 106 Å². The SMILES string of the molecule is Cc1ccccc1S(=O)(=O)Nc1ccccc1O. The third-order valence-corrected chi connectivity index (χ3v) is 4.06. The van der Waals surface area contributed by atoms with Crippen LogP contribution in [0.15, 0.2) is 53.4 Å². The monoisotopic (exact) mass is 263 g/mol. The van der Waals surface area contributed by atoms with Crippen molar-refractivity contribution < 1.29 is 13.5 Å². The Morgan fingerprint density at radius 3 is 2.28 bits per heavy atom. The fourth-order valence-corrected chi connectivity index (χ4v) is 2.94. The van der Waals surface area contributed by atoms with E-state index in [0.29, 0.717) is 5.56 Å². The molecule has 0 spiro atoms. The summed E-state index contributed by atoms with van der Waals surface area (Å²) in [5.41, 5.74) is 0.821. The highest BCUT2D eigenvalue weighted by Gasteiger charge is 2.17. The summed E-state index contributed by atoms with van der Waals surface area (Å²) >= 11 is 0. The zero-order valence-corrected chi connectivity index (χ0v) is 10.6. The molecule has 2 rings (SSSR count). The molecule has 2 aromatic carbocycles. The highest BCUT2D eigenvalue weighted by molar-refractivity contribution is 7.92. The van der Waals surface area contributed by atoms with E-state index in [4.69, 9.17) is 0 Å². The smallest absolute Gasteiger partial charge is 0.262 e. The minimum atomic E-state index is -3.68. The molecule has 0 fully saturated rings. The number of aryl methyl sites for hydroxylation is 1. The van der Waals surface area contributed by atoms with Crippen LogP contribution in [0.4, 0.5) is 5.69 Å². The van der Waals surface area contributed by atoms with Gasteiger partial charge in [0.2, 0.25) is 0 Å². The number of anilines is 1. The topological polar surface area (TPSA) is 66.4 Å². The van der Waals surface area contributed by atoms with Gasteiger partial charge in [0, 0.05) is 0 Å². The number of benzene rings is 2. The highest BCUT2D eigenvalue weighted by atomic mass is 32.2. The number of aromatic hydroxyl groups is 1. The molecule has 0 aliphatic rings. The molecule has 0 saturated carbocycles. The summed E-state index contributed by atoms with van der Waals surface area (Å²) in [6, 6.07) is 12.9. The van der Waals surface area contributed by atoms with Crippen molar-refractivity contribution >= 4 is 15.7 Å². The molecule has 0 amide bonds. The van der Waals surface area contributed by atoms with Gasteiger partial charge < -0.3 is 5.11 Å². The van der Waals surface area contributed by atoms with Crippen LogP contribution in [0.3, 0.4) is 0 Å². The van der Waals surface area contributed by atoms with Crippen molar-refractivity contribution in [1.29, 1.82) is 0 Å². The van der Waals surface area contributed by atoms with Gasteiger partial charge in [0.05, 0.1) is 10.6 Å². The number of nitrogens with one attached hydrogen (secondary N) is 1. The van der Waals surface area contributed by atoms with E-state index in [0.717, 1.165) is 0 Å². The van der Waals surface area contributed by atoms with Gasteiger partial charge in [-0.2, -0.15) is 0 Å². The first-order chi connectivity index (χ1) is 8.50. The maximum atomic E-state index is 12.2. The molecule has 2 N–H and O–H groups in total. The Morgan fingerprint density at radius 1 is 1.00 bits per heavy atom. The second kappa shape index (κ2) is 4.70. The summed E-state index contributed by atoms with van der Waals surface area (Å²) in [6.45, 7) is 1.72.